The van der Waals surface area contributed by atoms with Crippen LogP contribution in [0.3, 0.4) is 0 Å². The highest BCUT2D eigenvalue weighted by atomic mass is 16.1. The van der Waals surface area contributed by atoms with E-state index in [2.05, 4.69) is 20.3 Å². The van der Waals surface area contributed by atoms with Crippen molar-refractivity contribution >= 4 is 11.7 Å². The van der Waals surface area contributed by atoms with Crippen molar-refractivity contribution in [3.8, 4) is 11.3 Å². The number of H-pyrrole nitrogens is 1. The fourth-order valence-electron chi connectivity index (χ4n) is 2.32. The number of hydrogen-bond donors (Lipinski definition) is 2. The number of aromatic amines is 1. The van der Waals surface area contributed by atoms with E-state index in [9.17, 15) is 4.79 Å². The van der Waals surface area contributed by atoms with Crippen LogP contribution in [-0.2, 0) is 4.79 Å². The lowest BCUT2D eigenvalue weighted by molar-refractivity contribution is -0.120. The molecule has 2 N–H and O–H groups in total. The van der Waals surface area contributed by atoms with Gasteiger partial charge in [0.1, 0.15) is 5.78 Å². The first-order valence-electron chi connectivity index (χ1n) is 6.55. The first-order valence-corrected chi connectivity index (χ1v) is 6.55. The summed E-state index contributed by atoms with van der Waals surface area (Å²) in [7, 11) is 0. The van der Waals surface area contributed by atoms with Crippen molar-refractivity contribution in [1.29, 1.82) is 0 Å². The van der Waals surface area contributed by atoms with Crippen molar-refractivity contribution in [3.05, 3.63) is 30.7 Å². The fraction of sp³-hybridized carbons (Fsp3) is 0.357. The normalized spacial score (nSPS) is 16.5. The van der Waals surface area contributed by atoms with Gasteiger partial charge in [-0.25, -0.2) is 9.97 Å². The average molecular weight is 256 g/mol. The highest BCUT2D eigenvalue weighted by Crippen LogP contribution is 2.19. The van der Waals surface area contributed by atoms with Crippen LogP contribution in [0.4, 0.5) is 5.95 Å². The molecule has 1 aliphatic carbocycles. The van der Waals surface area contributed by atoms with Gasteiger partial charge in [0, 0.05) is 48.7 Å². The molecule has 3 rings (SSSR count). The number of rotatable bonds is 3. The van der Waals surface area contributed by atoms with Gasteiger partial charge in [-0.1, -0.05) is 0 Å². The monoisotopic (exact) mass is 256 g/mol. The standard InChI is InChI=1S/C14H16N4O/c19-12-5-3-11(4-6-12)18-14-16-8-10(9-17-14)13-2-1-7-15-13/h1-2,7-9,11,15H,3-6H2,(H,16,17,18). The van der Waals surface area contributed by atoms with Crippen molar-refractivity contribution in [3.63, 3.8) is 0 Å². The summed E-state index contributed by atoms with van der Waals surface area (Å²) >= 11 is 0. The van der Waals surface area contributed by atoms with Crippen LogP contribution in [0, 0.1) is 0 Å². The highest BCUT2D eigenvalue weighted by molar-refractivity contribution is 5.79. The molecule has 0 radical (unpaired) electrons. The van der Waals surface area contributed by atoms with E-state index in [-0.39, 0.29) is 0 Å². The van der Waals surface area contributed by atoms with Gasteiger partial charge < -0.3 is 10.3 Å². The number of hydrogen-bond acceptors (Lipinski definition) is 4. The Kier molecular flexibility index (Phi) is 3.27. The molecular weight excluding hydrogens is 240 g/mol. The molecule has 0 atom stereocenters. The van der Waals surface area contributed by atoms with Crippen LogP contribution in [0.1, 0.15) is 25.7 Å². The lowest BCUT2D eigenvalue weighted by Crippen LogP contribution is -2.26. The van der Waals surface area contributed by atoms with E-state index in [0.717, 1.165) is 24.1 Å². The topological polar surface area (TPSA) is 70.7 Å². The van der Waals surface area contributed by atoms with Crippen molar-refractivity contribution in [2.75, 3.05) is 5.32 Å². The Hall–Kier alpha value is -2.17. The number of nitrogens with one attached hydrogen (secondary N) is 2. The van der Waals surface area contributed by atoms with Gasteiger partial charge in [0.2, 0.25) is 5.95 Å². The Bertz CT molecular complexity index is 537. The molecule has 1 aliphatic rings. The van der Waals surface area contributed by atoms with Crippen molar-refractivity contribution in [2.45, 2.75) is 31.7 Å². The number of carbonyl (C=O) groups is 1. The van der Waals surface area contributed by atoms with Gasteiger partial charge in [0.15, 0.2) is 0 Å². The number of anilines is 1. The molecule has 0 bridgehead atoms. The Morgan fingerprint density at radius 1 is 1.21 bits per heavy atom. The molecule has 98 valence electrons. The summed E-state index contributed by atoms with van der Waals surface area (Å²) in [4.78, 5) is 22.9. The van der Waals surface area contributed by atoms with Crippen LogP contribution in [0.15, 0.2) is 30.7 Å². The second-order valence-electron chi connectivity index (χ2n) is 4.84. The predicted molar refractivity (Wildman–Crippen MR) is 72.7 cm³/mol. The quantitative estimate of drug-likeness (QED) is 0.884. The zero-order valence-electron chi connectivity index (χ0n) is 10.6. The zero-order chi connectivity index (χ0) is 13.1. The van der Waals surface area contributed by atoms with E-state index >= 15 is 0 Å². The molecule has 2 heterocycles. The van der Waals surface area contributed by atoms with Crippen LogP contribution in [0.2, 0.25) is 0 Å². The Balaban J connectivity index is 1.65. The molecule has 0 unspecified atom stereocenters. The third-order valence-electron chi connectivity index (χ3n) is 3.44. The van der Waals surface area contributed by atoms with Gasteiger partial charge in [-0.15, -0.1) is 0 Å². The molecule has 5 nitrogen and oxygen atoms in total. The number of carbonyl (C=O) groups excluding carboxylic acids is 1. The molecule has 2 aromatic rings. The molecule has 0 aromatic carbocycles. The second kappa shape index (κ2) is 5.22. The SMILES string of the molecule is O=C1CCC(Nc2ncc(-c3ccc[nH]3)cn2)CC1. The number of ketones is 1. The van der Waals surface area contributed by atoms with Gasteiger partial charge in [-0.2, -0.15) is 0 Å². The predicted octanol–water partition coefficient (Wildman–Crippen LogP) is 2.40. The van der Waals surface area contributed by atoms with Crippen molar-refractivity contribution < 1.29 is 4.79 Å². The fourth-order valence-corrected chi connectivity index (χ4v) is 2.32. The zero-order valence-corrected chi connectivity index (χ0v) is 10.6. The van der Waals surface area contributed by atoms with Crippen LogP contribution in [0.25, 0.3) is 11.3 Å². The van der Waals surface area contributed by atoms with Gasteiger partial charge in [-0.05, 0) is 25.0 Å². The third kappa shape index (κ3) is 2.81. The highest BCUT2D eigenvalue weighted by Gasteiger charge is 2.18. The molecular formula is C14H16N4O. The Morgan fingerprint density at radius 3 is 2.58 bits per heavy atom. The molecule has 19 heavy (non-hydrogen) atoms. The minimum absolute atomic E-state index is 0.314. The summed E-state index contributed by atoms with van der Waals surface area (Å²) in [6.45, 7) is 0. The van der Waals surface area contributed by atoms with Crippen LogP contribution in [0.5, 0.6) is 0 Å². The number of Topliss-reactive ketones (excluding diaryl/α,β-unsaturated/α-hetero) is 1. The maximum Gasteiger partial charge on any atom is 0.222 e. The Morgan fingerprint density at radius 2 is 1.95 bits per heavy atom. The average Bonchev–Trinajstić information content (AvgIpc) is 2.96. The Labute approximate surface area is 111 Å². The van der Waals surface area contributed by atoms with Crippen molar-refractivity contribution in [2.24, 2.45) is 0 Å². The van der Waals surface area contributed by atoms with Crippen LogP contribution < -0.4 is 5.32 Å². The molecule has 0 saturated heterocycles. The lowest BCUT2D eigenvalue weighted by Gasteiger charge is -2.21. The summed E-state index contributed by atoms with van der Waals surface area (Å²) < 4.78 is 0. The summed E-state index contributed by atoms with van der Waals surface area (Å²) in [5, 5.41) is 3.29. The maximum absolute atomic E-state index is 11.2. The van der Waals surface area contributed by atoms with Crippen LogP contribution in [-0.4, -0.2) is 26.8 Å². The summed E-state index contributed by atoms with van der Waals surface area (Å²) in [6.07, 6.45) is 8.56. The number of nitrogens with zero attached hydrogens (tertiary/aromatic N) is 2. The van der Waals surface area contributed by atoms with E-state index in [4.69, 9.17) is 0 Å². The molecule has 2 aromatic heterocycles. The van der Waals surface area contributed by atoms with Crippen molar-refractivity contribution in [1.82, 2.24) is 15.0 Å². The molecule has 0 amide bonds. The van der Waals surface area contributed by atoms with Gasteiger partial charge >= 0.3 is 0 Å². The van der Waals surface area contributed by atoms with Gasteiger partial charge in [-0.3, -0.25) is 4.79 Å². The summed E-state index contributed by atoms with van der Waals surface area (Å²) in [6, 6.07) is 4.24. The third-order valence-corrected chi connectivity index (χ3v) is 3.44. The van der Waals surface area contributed by atoms with Crippen LogP contribution >= 0.6 is 0 Å². The first-order chi connectivity index (χ1) is 9.31. The number of aromatic nitrogens is 3. The van der Waals surface area contributed by atoms with E-state index in [1.807, 2.05) is 18.3 Å². The maximum atomic E-state index is 11.2. The van der Waals surface area contributed by atoms with E-state index < -0.39 is 0 Å². The molecule has 0 aliphatic heterocycles. The minimum Gasteiger partial charge on any atom is -0.361 e. The summed E-state index contributed by atoms with van der Waals surface area (Å²) in [5.41, 5.74) is 1.98. The molecule has 1 fully saturated rings. The smallest absolute Gasteiger partial charge is 0.222 e. The first kappa shape index (κ1) is 11.9. The van der Waals surface area contributed by atoms with Gasteiger partial charge in [0.05, 0.1) is 0 Å². The minimum atomic E-state index is 0.314. The van der Waals surface area contributed by atoms with E-state index in [1.165, 1.54) is 0 Å². The largest absolute Gasteiger partial charge is 0.361 e. The molecule has 0 spiro atoms. The van der Waals surface area contributed by atoms with E-state index in [0.29, 0.717) is 30.6 Å². The lowest BCUT2D eigenvalue weighted by atomic mass is 9.94. The van der Waals surface area contributed by atoms with E-state index in [1.54, 1.807) is 12.4 Å². The molecule has 5 heteroatoms. The summed E-state index contributed by atoms with van der Waals surface area (Å²) in [5.74, 6) is 0.996. The molecule has 1 saturated carbocycles. The van der Waals surface area contributed by atoms with Gasteiger partial charge in [0.25, 0.3) is 0 Å². The second-order valence-corrected chi connectivity index (χ2v) is 4.84.